The fraction of sp³-hybridized carbons (Fsp3) is 0.500. The van der Waals surface area contributed by atoms with Crippen molar-refractivity contribution < 1.29 is 33.4 Å². The lowest BCUT2D eigenvalue weighted by molar-refractivity contribution is -0.139. The van der Waals surface area contributed by atoms with Gasteiger partial charge < -0.3 is 44.6 Å². The number of alkyl carbamates (subject to hydrolysis) is 2. The second kappa shape index (κ2) is 16.5. The molecule has 0 spiro atoms. The molecule has 4 amide bonds. The highest BCUT2D eigenvalue weighted by Crippen LogP contribution is 2.50. The topological polar surface area (TPSA) is 184 Å². The molecule has 2 aliphatic heterocycles. The van der Waals surface area contributed by atoms with E-state index in [0.29, 0.717) is 18.3 Å². The summed E-state index contributed by atoms with van der Waals surface area (Å²) in [5.74, 6) is 1.38. The number of aromatic nitrogens is 4. The molecular formula is C44H54N8O7. The van der Waals surface area contributed by atoms with Crippen LogP contribution in [-0.4, -0.2) is 106 Å². The highest BCUT2D eigenvalue weighted by atomic mass is 16.5. The first-order chi connectivity index (χ1) is 28.5. The van der Waals surface area contributed by atoms with E-state index >= 15 is 0 Å². The maximum absolute atomic E-state index is 14.0. The Balaban J connectivity index is 0.982. The molecule has 2 saturated heterocycles. The molecule has 0 radical (unpaired) electrons. The van der Waals surface area contributed by atoms with Gasteiger partial charge in [0.2, 0.25) is 11.8 Å². The standard InChI is InChI=1S/C44H54N8O7/c1-23(2)36(49-43(55)58-5)42(54)52-30-14-11-29(20-30)38(52)40-46-22-34(48-40)28-13-16-32-26(19-28)10-9-25-18-27(12-15-31(25)32)33-21-45-39(47-33)35-8-7-17-51(35)41(53)37(24(3)57-4)50-44(56)59-6/h12-13,15-16,18-19,21-24,29-30,35-38H,7-11,14,17,20H2,1-6H3,(H,45,47)(H,46,48)(H,49,55)(H,50,56)/t24-,29?,30?,35+,36+,37?,38?/m1/s1. The summed E-state index contributed by atoms with van der Waals surface area (Å²) in [6.07, 6.45) is 8.12. The van der Waals surface area contributed by atoms with Crippen molar-refractivity contribution in [2.75, 3.05) is 27.9 Å². The summed E-state index contributed by atoms with van der Waals surface area (Å²) in [4.78, 5) is 72.3. The zero-order valence-corrected chi connectivity index (χ0v) is 34.5. The number of likely N-dealkylation sites (tertiary alicyclic amines) is 2. The zero-order valence-electron chi connectivity index (χ0n) is 34.5. The van der Waals surface area contributed by atoms with E-state index in [1.54, 1.807) is 11.8 Å². The first kappa shape index (κ1) is 40.1. The molecule has 7 atom stereocenters. The molecule has 8 rings (SSSR count). The van der Waals surface area contributed by atoms with Crippen LogP contribution in [0.5, 0.6) is 0 Å². The van der Waals surface area contributed by atoms with Crippen molar-refractivity contribution in [2.45, 2.75) is 102 Å². The second-order valence-electron chi connectivity index (χ2n) is 16.6. The minimum absolute atomic E-state index is 0.0889. The van der Waals surface area contributed by atoms with E-state index in [1.807, 2.05) is 31.1 Å². The van der Waals surface area contributed by atoms with Crippen LogP contribution in [0.3, 0.4) is 0 Å². The Bertz CT molecular complexity index is 2230. The molecule has 15 heteroatoms. The van der Waals surface area contributed by atoms with Crippen molar-refractivity contribution in [3.05, 3.63) is 71.6 Å². The zero-order chi connectivity index (χ0) is 41.5. The van der Waals surface area contributed by atoms with Gasteiger partial charge in [0.25, 0.3) is 0 Å². The molecule has 2 aromatic carbocycles. The number of nitrogens with one attached hydrogen (secondary N) is 4. The highest BCUT2D eigenvalue weighted by Gasteiger charge is 2.51. The minimum Gasteiger partial charge on any atom is -0.453 e. The molecule has 2 aromatic heterocycles. The summed E-state index contributed by atoms with van der Waals surface area (Å²) in [7, 11) is 4.08. The van der Waals surface area contributed by atoms with E-state index in [2.05, 4.69) is 57.0 Å². The second-order valence-corrected chi connectivity index (χ2v) is 16.6. The normalized spacial score (nSPS) is 22.1. The molecule has 4 aromatic rings. The number of imidazole rings is 2. The molecule has 312 valence electrons. The predicted molar refractivity (Wildman–Crippen MR) is 219 cm³/mol. The number of aromatic amines is 2. The summed E-state index contributed by atoms with van der Waals surface area (Å²) in [5.41, 5.74) is 8.79. The number of aryl methyl sites for hydroxylation is 2. The Morgan fingerprint density at radius 2 is 1.36 bits per heavy atom. The molecular weight excluding hydrogens is 753 g/mol. The summed E-state index contributed by atoms with van der Waals surface area (Å²) >= 11 is 0. The third-order valence-corrected chi connectivity index (χ3v) is 12.9. The van der Waals surface area contributed by atoms with Gasteiger partial charge in [0.05, 0.1) is 56.2 Å². The molecule has 15 nitrogen and oxygen atoms in total. The van der Waals surface area contributed by atoms with Gasteiger partial charge in [-0.05, 0) is 109 Å². The fourth-order valence-electron chi connectivity index (χ4n) is 9.73. The lowest BCUT2D eigenvalue weighted by atomic mass is 9.83. The molecule has 59 heavy (non-hydrogen) atoms. The molecule has 1 saturated carbocycles. The molecule has 4 aliphatic rings. The number of rotatable bonds is 11. The first-order valence-corrected chi connectivity index (χ1v) is 20.7. The van der Waals surface area contributed by atoms with Crippen molar-refractivity contribution >= 4 is 24.0 Å². The number of nitrogens with zero attached hydrogens (tertiary/aromatic N) is 4. The largest absolute Gasteiger partial charge is 0.453 e. The van der Waals surface area contributed by atoms with E-state index in [-0.39, 0.29) is 35.9 Å². The SMILES string of the molecule is COC(=O)NC(C(=O)N1CCC[C@H]1c1ncc(-c2ccc3c(c2)CCc2cc(-c4cnc(C5C6CCC(C6)N5C(=O)[C@@H](NC(=O)OC)C(C)C)[nH]4)ccc2-3)[nH]1)[C@@H](C)OC. The molecule has 4 heterocycles. The number of H-pyrrole nitrogens is 2. The number of fused-ring (bicyclic) bond motifs is 5. The first-order valence-electron chi connectivity index (χ1n) is 20.7. The van der Waals surface area contributed by atoms with Crippen LogP contribution >= 0.6 is 0 Å². The number of hydrogen-bond donors (Lipinski definition) is 4. The van der Waals surface area contributed by atoms with Gasteiger partial charge in [0.1, 0.15) is 23.7 Å². The lowest BCUT2D eigenvalue weighted by Gasteiger charge is -2.37. The van der Waals surface area contributed by atoms with Crippen LogP contribution in [0.4, 0.5) is 9.59 Å². The molecule has 4 unspecified atom stereocenters. The predicted octanol–water partition coefficient (Wildman–Crippen LogP) is 6.09. The molecule has 2 bridgehead atoms. The van der Waals surface area contributed by atoms with Crippen molar-refractivity contribution in [1.29, 1.82) is 0 Å². The molecule has 3 fully saturated rings. The van der Waals surface area contributed by atoms with Crippen LogP contribution < -0.4 is 10.6 Å². The van der Waals surface area contributed by atoms with Gasteiger partial charge in [0.15, 0.2) is 0 Å². The third-order valence-electron chi connectivity index (χ3n) is 12.9. The Hall–Kier alpha value is -5.70. The van der Waals surface area contributed by atoms with Crippen LogP contribution in [0.15, 0.2) is 48.8 Å². The van der Waals surface area contributed by atoms with E-state index in [9.17, 15) is 19.2 Å². The van der Waals surface area contributed by atoms with Gasteiger partial charge in [-0.1, -0.05) is 38.1 Å². The van der Waals surface area contributed by atoms with Crippen LogP contribution in [0.25, 0.3) is 33.6 Å². The van der Waals surface area contributed by atoms with Crippen LogP contribution in [0, 0.1) is 11.8 Å². The maximum Gasteiger partial charge on any atom is 0.407 e. The lowest BCUT2D eigenvalue weighted by Crippen LogP contribution is -2.54. The Morgan fingerprint density at radius 1 is 0.763 bits per heavy atom. The van der Waals surface area contributed by atoms with Crippen molar-refractivity contribution in [2.24, 2.45) is 11.8 Å². The summed E-state index contributed by atoms with van der Waals surface area (Å²) in [6, 6.07) is 11.2. The van der Waals surface area contributed by atoms with Gasteiger partial charge in [0, 0.05) is 19.7 Å². The van der Waals surface area contributed by atoms with Gasteiger partial charge in [-0.2, -0.15) is 0 Å². The average Bonchev–Trinajstić information content (AvgIpc) is 4.11. The fourth-order valence-corrected chi connectivity index (χ4v) is 9.73. The average molecular weight is 807 g/mol. The van der Waals surface area contributed by atoms with Gasteiger partial charge in [-0.3, -0.25) is 9.59 Å². The van der Waals surface area contributed by atoms with Crippen molar-refractivity contribution in [3.8, 4) is 33.6 Å². The van der Waals surface area contributed by atoms with Gasteiger partial charge in [-0.25, -0.2) is 19.6 Å². The Labute approximate surface area is 344 Å². The highest BCUT2D eigenvalue weighted by molar-refractivity contribution is 5.88. The summed E-state index contributed by atoms with van der Waals surface area (Å²) in [6.45, 7) is 6.16. The number of carbonyl (C=O) groups excluding carboxylic acids is 4. The van der Waals surface area contributed by atoms with E-state index < -0.39 is 30.4 Å². The Kier molecular flexibility index (Phi) is 11.2. The van der Waals surface area contributed by atoms with Gasteiger partial charge >= 0.3 is 12.2 Å². The minimum atomic E-state index is -0.892. The number of amides is 4. The monoisotopic (exact) mass is 806 g/mol. The number of methoxy groups -OCH3 is 3. The number of ether oxygens (including phenoxy) is 3. The smallest absolute Gasteiger partial charge is 0.407 e. The van der Waals surface area contributed by atoms with E-state index in [1.165, 1.54) is 43.6 Å². The van der Waals surface area contributed by atoms with Crippen molar-refractivity contribution in [3.63, 3.8) is 0 Å². The number of carbonyl (C=O) groups is 4. The van der Waals surface area contributed by atoms with Crippen molar-refractivity contribution in [1.82, 2.24) is 40.4 Å². The summed E-state index contributed by atoms with van der Waals surface area (Å²) < 4.78 is 15.0. The van der Waals surface area contributed by atoms with Crippen LogP contribution in [-0.2, 0) is 36.6 Å². The summed E-state index contributed by atoms with van der Waals surface area (Å²) in [5, 5.41) is 5.41. The maximum atomic E-state index is 14.0. The third kappa shape index (κ3) is 7.56. The number of piperidine rings is 1. The van der Waals surface area contributed by atoms with Crippen LogP contribution in [0.2, 0.25) is 0 Å². The number of benzene rings is 2. The van der Waals surface area contributed by atoms with E-state index in [4.69, 9.17) is 24.2 Å². The van der Waals surface area contributed by atoms with Gasteiger partial charge in [-0.15, -0.1) is 0 Å². The molecule has 4 N–H and O–H groups in total. The number of hydrogen-bond acceptors (Lipinski definition) is 9. The molecule has 2 aliphatic carbocycles. The quantitative estimate of drug-likeness (QED) is 0.139. The van der Waals surface area contributed by atoms with E-state index in [0.717, 1.165) is 73.3 Å². The van der Waals surface area contributed by atoms with Crippen LogP contribution in [0.1, 0.15) is 87.7 Å². The Morgan fingerprint density at radius 3 is 1.95 bits per heavy atom.